The van der Waals surface area contributed by atoms with Crippen molar-refractivity contribution in [2.24, 2.45) is 0 Å². The third-order valence-electron chi connectivity index (χ3n) is 3.86. The van der Waals surface area contributed by atoms with Gasteiger partial charge in [0.2, 0.25) is 11.6 Å². The fraction of sp³-hybridized carbons (Fsp3) is 0.222. The van der Waals surface area contributed by atoms with E-state index in [-0.39, 0.29) is 11.6 Å². The Balaban J connectivity index is 1.76. The summed E-state index contributed by atoms with van der Waals surface area (Å²) in [6.45, 7) is 0. The Kier molecular flexibility index (Phi) is 5.35. The molecule has 0 amide bonds. The Morgan fingerprint density at radius 3 is 1.19 bits per heavy atom. The van der Waals surface area contributed by atoms with Crippen molar-refractivity contribution in [2.45, 2.75) is 12.2 Å². The molecule has 2 aromatic carbocycles. The molecule has 2 N–H and O–H groups in total. The van der Waals surface area contributed by atoms with Gasteiger partial charge in [-0.2, -0.15) is 0 Å². The minimum atomic E-state index is -1.08. The molecular formula is C18H18N4O4. The van der Waals surface area contributed by atoms with Crippen LogP contribution in [0.1, 0.15) is 35.0 Å². The van der Waals surface area contributed by atoms with E-state index in [1.165, 1.54) is 0 Å². The van der Waals surface area contributed by atoms with Crippen LogP contribution in [0.25, 0.3) is 0 Å². The van der Waals surface area contributed by atoms with E-state index in [0.717, 1.165) is 0 Å². The van der Waals surface area contributed by atoms with Gasteiger partial charge in [-0.15, -0.1) is 20.4 Å². The largest absolute Gasteiger partial charge is 0.497 e. The van der Waals surface area contributed by atoms with Crippen molar-refractivity contribution in [3.63, 3.8) is 0 Å². The molecule has 8 heteroatoms. The van der Waals surface area contributed by atoms with Crippen LogP contribution >= 0.6 is 0 Å². The lowest BCUT2D eigenvalue weighted by molar-refractivity contribution is 0.193. The molecule has 1 heterocycles. The van der Waals surface area contributed by atoms with Crippen LogP contribution in [0.3, 0.4) is 0 Å². The second-order valence-electron chi connectivity index (χ2n) is 5.47. The highest BCUT2D eigenvalue weighted by atomic mass is 16.5. The summed E-state index contributed by atoms with van der Waals surface area (Å²) in [6.07, 6.45) is -2.15. The molecule has 0 aliphatic heterocycles. The van der Waals surface area contributed by atoms with Gasteiger partial charge in [-0.05, 0) is 35.4 Å². The zero-order chi connectivity index (χ0) is 18.5. The van der Waals surface area contributed by atoms with Crippen LogP contribution in [0.15, 0.2) is 48.5 Å². The minimum absolute atomic E-state index is 0.0425. The van der Waals surface area contributed by atoms with Crippen LogP contribution in [0, 0.1) is 0 Å². The summed E-state index contributed by atoms with van der Waals surface area (Å²) in [7, 11) is 3.13. The first-order valence-corrected chi connectivity index (χ1v) is 7.83. The summed E-state index contributed by atoms with van der Waals surface area (Å²) < 4.78 is 10.2. The van der Waals surface area contributed by atoms with Crippen molar-refractivity contribution in [2.75, 3.05) is 14.2 Å². The van der Waals surface area contributed by atoms with Gasteiger partial charge in [0.15, 0.2) is 0 Å². The maximum absolute atomic E-state index is 10.3. The summed E-state index contributed by atoms with van der Waals surface area (Å²) >= 11 is 0. The number of aliphatic hydroxyl groups excluding tert-OH is 2. The molecule has 26 heavy (non-hydrogen) atoms. The van der Waals surface area contributed by atoms with Crippen molar-refractivity contribution >= 4 is 0 Å². The maximum Gasteiger partial charge on any atom is 0.206 e. The van der Waals surface area contributed by atoms with Crippen LogP contribution in [0.4, 0.5) is 0 Å². The molecule has 134 valence electrons. The lowest BCUT2D eigenvalue weighted by atomic mass is 10.1. The average Bonchev–Trinajstić information content (AvgIpc) is 2.73. The number of rotatable bonds is 6. The standard InChI is InChI=1S/C18H18N4O4/c1-25-13-7-3-11(4-8-13)15(23)17-19-21-18(22-20-17)16(24)12-5-9-14(26-2)10-6-12/h3-10,15-16,23-24H,1-2H3/t15-,16+. The second kappa shape index (κ2) is 7.85. The highest BCUT2D eigenvalue weighted by Crippen LogP contribution is 2.23. The molecule has 0 unspecified atom stereocenters. The van der Waals surface area contributed by atoms with Crippen molar-refractivity contribution in [3.05, 3.63) is 71.3 Å². The second-order valence-corrected chi connectivity index (χ2v) is 5.47. The smallest absolute Gasteiger partial charge is 0.206 e. The molecule has 3 aromatic rings. The molecule has 0 spiro atoms. The predicted molar refractivity (Wildman–Crippen MR) is 91.7 cm³/mol. The summed E-state index contributed by atoms with van der Waals surface area (Å²) in [5.41, 5.74) is 1.16. The van der Waals surface area contributed by atoms with Gasteiger partial charge < -0.3 is 19.7 Å². The van der Waals surface area contributed by atoms with Crippen LogP contribution < -0.4 is 9.47 Å². The van der Waals surface area contributed by atoms with Gasteiger partial charge in [0.25, 0.3) is 0 Å². The summed E-state index contributed by atoms with van der Waals surface area (Å²) in [4.78, 5) is 0. The minimum Gasteiger partial charge on any atom is -0.497 e. The normalized spacial score (nSPS) is 13.1. The SMILES string of the molecule is COc1ccc([C@@H](O)c2nnc([C@@H](O)c3ccc(OC)cc3)nn2)cc1. The van der Waals surface area contributed by atoms with Crippen LogP contribution in [-0.4, -0.2) is 44.8 Å². The number of hydrogen-bond acceptors (Lipinski definition) is 8. The maximum atomic E-state index is 10.3. The van der Waals surface area contributed by atoms with E-state index in [0.29, 0.717) is 22.6 Å². The zero-order valence-electron chi connectivity index (χ0n) is 14.3. The molecule has 8 nitrogen and oxygen atoms in total. The van der Waals surface area contributed by atoms with Gasteiger partial charge in [-0.1, -0.05) is 24.3 Å². The van der Waals surface area contributed by atoms with Crippen LogP contribution in [-0.2, 0) is 0 Å². The zero-order valence-corrected chi connectivity index (χ0v) is 14.3. The fourth-order valence-corrected chi connectivity index (χ4v) is 2.33. The number of methoxy groups -OCH3 is 2. The molecule has 0 aliphatic carbocycles. The molecule has 0 bridgehead atoms. The van der Waals surface area contributed by atoms with E-state index in [2.05, 4.69) is 20.4 Å². The highest BCUT2D eigenvalue weighted by Gasteiger charge is 2.19. The predicted octanol–water partition coefficient (Wildman–Crippen LogP) is 1.45. The quantitative estimate of drug-likeness (QED) is 0.684. The summed E-state index contributed by atoms with van der Waals surface area (Å²) in [6, 6.07) is 13.7. The van der Waals surface area contributed by atoms with Gasteiger partial charge in [0.05, 0.1) is 14.2 Å². The molecule has 2 atom stereocenters. The first-order valence-electron chi connectivity index (χ1n) is 7.83. The van der Waals surface area contributed by atoms with Crippen molar-refractivity contribution < 1.29 is 19.7 Å². The molecule has 1 aromatic heterocycles. The van der Waals surface area contributed by atoms with E-state index >= 15 is 0 Å². The third kappa shape index (κ3) is 3.76. The Labute approximate surface area is 150 Å². The number of benzene rings is 2. The number of aromatic nitrogens is 4. The average molecular weight is 354 g/mol. The third-order valence-corrected chi connectivity index (χ3v) is 3.86. The fourth-order valence-electron chi connectivity index (χ4n) is 2.33. The molecule has 0 saturated carbocycles. The Morgan fingerprint density at radius 1 is 0.615 bits per heavy atom. The monoisotopic (exact) mass is 354 g/mol. The summed E-state index contributed by atoms with van der Waals surface area (Å²) in [5, 5.41) is 36.2. The Morgan fingerprint density at radius 2 is 0.923 bits per heavy atom. The first-order chi connectivity index (χ1) is 12.6. The number of nitrogens with zero attached hydrogens (tertiary/aromatic N) is 4. The molecular weight excluding hydrogens is 336 g/mol. The molecule has 3 rings (SSSR count). The number of ether oxygens (including phenoxy) is 2. The molecule has 0 saturated heterocycles. The molecule has 0 radical (unpaired) electrons. The van der Waals surface area contributed by atoms with Gasteiger partial charge >= 0.3 is 0 Å². The first kappa shape index (κ1) is 17.7. The number of aliphatic hydroxyl groups is 2. The van der Waals surface area contributed by atoms with E-state index in [4.69, 9.17) is 9.47 Å². The highest BCUT2D eigenvalue weighted by molar-refractivity contribution is 5.31. The van der Waals surface area contributed by atoms with Gasteiger partial charge in [0, 0.05) is 0 Å². The van der Waals surface area contributed by atoms with Crippen LogP contribution in [0.2, 0.25) is 0 Å². The number of hydrogen-bond donors (Lipinski definition) is 2. The van der Waals surface area contributed by atoms with Crippen molar-refractivity contribution in [3.8, 4) is 11.5 Å². The van der Waals surface area contributed by atoms with E-state index in [1.807, 2.05) is 0 Å². The Bertz CT molecular complexity index is 766. The summed E-state index contributed by atoms with van der Waals surface area (Å²) in [5.74, 6) is 1.44. The molecule has 0 fully saturated rings. The van der Waals surface area contributed by atoms with Gasteiger partial charge in [0.1, 0.15) is 23.7 Å². The lowest BCUT2D eigenvalue weighted by Gasteiger charge is -2.11. The topological polar surface area (TPSA) is 110 Å². The lowest BCUT2D eigenvalue weighted by Crippen LogP contribution is -2.13. The van der Waals surface area contributed by atoms with E-state index in [9.17, 15) is 10.2 Å². The van der Waals surface area contributed by atoms with Gasteiger partial charge in [-0.3, -0.25) is 0 Å². The van der Waals surface area contributed by atoms with Crippen molar-refractivity contribution in [1.82, 2.24) is 20.4 Å². The van der Waals surface area contributed by atoms with Gasteiger partial charge in [-0.25, -0.2) is 0 Å². The van der Waals surface area contributed by atoms with Crippen LogP contribution in [0.5, 0.6) is 11.5 Å². The molecule has 0 aliphatic rings. The van der Waals surface area contributed by atoms with E-state index < -0.39 is 12.2 Å². The Hall–Kier alpha value is -3.10. The van der Waals surface area contributed by atoms with Crippen molar-refractivity contribution in [1.29, 1.82) is 0 Å². The van der Waals surface area contributed by atoms with E-state index in [1.54, 1.807) is 62.8 Å².